The van der Waals surface area contributed by atoms with Crippen LogP contribution in [0.1, 0.15) is 17.2 Å². The summed E-state index contributed by atoms with van der Waals surface area (Å²) < 4.78 is 44.0. The first-order chi connectivity index (χ1) is 12.9. The van der Waals surface area contributed by atoms with E-state index in [0.717, 1.165) is 55.4 Å². The molecule has 1 atom stereocenters. The van der Waals surface area contributed by atoms with Crippen molar-refractivity contribution in [2.45, 2.75) is 12.2 Å². The second kappa shape index (κ2) is 9.16. The van der Waals surface area contributed by atoms with E-state index in [2.05, 4.69) is 14.8 Å². The lowest BCUT2D eigenvalue weighted by Crippen LogP contribution is -2.44. The van der Waals surface area contributed by atoms with Crippen LogP contribution in [-0.2, 0) is 10.9 Å². The second-order valence-electron chi connectivity index (χ2n) is 6.58. The lowest BCUT2D eigenvalue weighted by atomic mass is 10.0. The van der Waals surface area contributed by atoms with Crippen LogP contribution in [0.2, 0.25) is 0 Å². The van der Waals surface area contributed by atoms with Crippen LogP contribution in [0.15, 0.2) is 29.3 Å². The van der Waals surface area contributed by atoms with E-state index in [1.54, 1.807) is 12.1 Å². The van der Waals surface area contributed by atoms with Crippen molar-refractivity contribution in [3.63, 3.8) is 0 Å². The molecule has 3 rings (SSSR count). The monoisotopic (exact) mass is 402 g/mol. The van der Waals surface area contributed by atoms with Gasteiger partial charge in [0.25, 0.3) is 0 Å². The van der Waals surface area contributed by atoms with Crippen molar-refractivity contribution in [3.05, 3.63) is 35.4 Å². The zero-order valence-corrected chi connectivity index (χ0v) is 15.9. The third-order valence-electron chi connectivity index (χ3n) is 4.87. The van der Waals surface area contributed by atoms with E-state index < -0.39 is 11.7 Å². The molecule has 0 aromatic heterocycles. The van der Waals surface area contributed by atoms with Gasteiger partial charge in [-0.3, -0.25) is 9.89 Å². The highest BCUT2D eigenvalue weighted by atomic mass is 32.2. The van der Waals surface area contributed by atoms with Gasteiger partial charge in [-0.15, -0.1) is 0 Å². The topological polar surface area (TPSA) is 54.1 Å². The van der Waals surface area contributed by atoms with Gasteiger partial charge in [0.05, 0.1) is 31.4 Å². The maximum absolute atomic E-state index is 12.9. The van der Waals surface area contributed by atoms with Gasteiger partial charge in [-0.25, -0.2) is 0 Å². The van der Waals surface area contributed by atoms with Crippen LogP contribution < -0.4 is 5.73 Å². The van der Waals surface area contributed by atoms with Crippen molar-refractivity contribution in [1.82, 2.24) is 9.80 Å². The number of halogens is 3. The van der Waals surface area contributed by atoms with Gasteiger partial charge >= 0.3 is 6.18 Å². The molecule has 0 amide bonds. The van der Waals surface area contributed by atoms with Crippen molar-refractivity contribution in [2.24, 2.45) is 10.7 Å². The zero-order valence-electron chi connectivity index (χ0n) is 15.1. The van der Waals surface area contributed by atoms with Crippen LogP contribution in [0, 0.1) is 0 Å². The fourth-order valence-corrected chi connectivity index (χ4v) is 4.19. The number of hydrogen-bond donors (Lipinski definition) is 1. The van der Waals surface area contributed by atoms with Crippen LogP contribution in [0.5, 0.6) is 0 Å². The molecule has 1 unspecified atom stereocenters. The predicted molar refractivity (Wildman–Crippen MR) is 102 cm³/mol. The zero-order chi connectivity index (χ0) is 19.3. The summed E-state index contributed by atoms with van der Waals surface area (Å²) in [6, 6.07) is 5.25. The van der Waals surface area contributed by atoms with E-state index in [1.165, 1.54) is 0 Å². The third-order valence-corrected chi connectivity index (χ3v) is 5.81. The summed E-state index contributed by atoms with van der Waals surface area (Å²) in [5.41, 5.74) is 6.34. The lowest BCUT2D eigenvalue weighted by Gasteiger charge is -2.34. The molecule has 2 aliphatic heterocycles. The Balaban J connectivity index is 1.76. The Labute approximate surface area is 161 Å². The Morgan fingerprint density at radius 3 is 2.33 bits per heavy atom. The Morgan fingerprint density at radius 2 is 1.74 bits per heavy atom. The van der Waals surface area contributed by atoms with Crippen LogP contribution in [0.4, 0.5) is 13.2 Å². The number of alkyl halides is 3. The number of aliphatic imine (C=N–C) groups is 1. The number of thioether (sulfide) groups is 1. The van der Waals surface area contributed by atoms with Gasteiger partial charge in [-0.2, -0.15) is 24.9 Å². The number of benzene rings is 1. The highest BCUT2D eigenvalue weighted by Gasteiger charge is 2.31. The second-order valence-corrected chi connectivity index (χ2v) is 7.81. The fraction of sp³-hybridized carbons (Fsp3) is 0.611. The molecule has 2 N–H and O–H groups in total. The van der Waals surface area contributed by atoms with Crippen LogP contribution in [-0.4, -0.2) is 73.2 Å². The molecule has 0 bridgehead atoms. The minimum absolute atomic E-state index is 0.117. The quantitative estimate of drug-likeness (QED) is 0.619. The molecular weight excluding hydrogens is 377 g/mol. The summed E-state index contributed by atoms with van der Waals surface area (Å²) in [4.78, 5) is 8.85. The number of guanidine groups is 1. The van der Waals surface area contributed by atoms with Crippen molar-refractivity contribution < 1.29 is 17.9 Å². The average Bonchev–Trinajstić information content (AvgIpc) is 2.69. The Morgan fingerprint density at radius 1 is 1.11 bits per heavy atom. The summed E-state index contributed by atoms with van der Waals surface area (Å²) in [5.74, 6) is 2.57. The first-order valence-corrected chi connectivity index (χ1v) is 10.2. The largest absolute Gasteiger partial charge is 0.416 e. The molecule has 150 valence electrons. The van der Waals surface area contributed by atoms with Gasteiger partial charge in [0.15, 0.2) is 5.96 Å². The third kappa shape index (κ3) is 5.52. The smallest absolute Gasteiger partial charge is 0.379 e. The molecule has 1 aromatic carbocycles. The highest BCUT2D eigenvalue weighted by molar-refractivity contribution is 7.99. The van der Waals surface area contributed by atoms with E-state index >= 15 is 0 Å². The van der Waals surface area contributed by atoms with Crippen molar-refractivity contribution in [3.8, 4) is 0 Å². The Bertz CT molecular complexity index is 626. The standard InChI is InChI=1S/C18H25F3N4OS/c19-18(20,21)15-3-1-14(2-4-15)16(24-5-9-26-10-6-24)13-23-17(22)25-7-11-27-12-8-25/h1-4,16H,5-13H2,(H2,22,23). The molecule has 0 aliphatic carbocycles. The van der Waals surface area contributed by atoms with Gasteiger partial charge in [-0.1, -0.05) is 12.1 Å². The normalized spacial score (nSPS) is 21.3. The molecular formula is C18H25F3N4OS. The first-order valence-electron chi connectivity index (χ1n) is 9.07. The molecule has 2 heterocycles. The molecule has 9 heteroatoms. The number of ether oxygens (including phenoxy) is 1. The molecule has 27 heavy (non-hydrogen) atoms. The fourth-order valence-electron chi connectivity index (χ4n) is 3.29. The molecule has 5 nitrogen and oxygen atoms in total. The van der Waals surface area contributed by atoms with Crippen molar-refractivity contribution in [2.75, 3.05) is 57.4 Å². The molecule has 2 aliphatic rings. The molecule has 0 spiro atoms. The van der Waals surface area contributed by atoms with Crippen molar-refractivity contribution in [1.29, 1.82) is 0 Å². The van der Waals surface area contributed by atoms with E-state index in [4.69, 9.17) is 10.5 Å². The first kappa shape index (κ1) is 20.3. The van der Waals surface area contributed by atoms with Gasteiger partial charge in [-0.05, 0) is 17.7 Å². The van der Waals surface area contributed by atoms with E-state index in [0.29, 0.717) is 25.7 Å². The minimum atomic E-state index is -4.33. The SMILES string of the molecule is NC(=NCC(c1ccc(C(F)(F)F)cc1)N1CCOCC1)N1CCSCC1. The summed E-state index contributed by atoms with van der Waals surface area (Å²) in [7, 11) is 0. The van der Waals surface area contributed by atoms with Gasteiger partial charge in [0.2, 0.25) is 0 Å². The van der Waals surface area contributed by atoms with E-state index in [-0.39, 0.29) is 6.04 Å². The van der Waals surface area contributed by atoms with Gasteiger partial charge in [0.1, 0.15) is 0 Å². The van der Waals surface area contributed by atoms with Crippen LogP contribution in [0.3, 0.4) is 0 Å². The summed E-state index contributed by atoms with van der Waals surface area (Å²) in [5, 5.41) is 0. The van der Waals surface area contributed by atoms with Gasteiger partial charge < -0.3 is 15.4 Å². The van der Waals surface area contributed by atoms with E-state index in [9.17, 15) is 13.2 Å². The molecule has 1 aromatic rings. The maximum Gasteiger partial charge on any atom is 0.416 e. The summed E-state index contributed by atoms with van der Waals surface area (Å²) in [6.07, 6.45) is -4.33. The Kier molecular flexibility index (Phi) is 6.88. The highest BCUT2D eigenvalue weighted by Crippen LogP contribution is 2.31. The molecule has 0 saturated carbocycles. The molecule has 0 radical (unpaired) electrons. The predicted octanol–water partition coefficient (Wildman–Crippen LogP) is 2.44. The molecule has 2 fully saturated rings. The maximum atomic E-state index is 12.9. The van der Waals surface area contributed by atoms with Gasteiger partial charge in [0, 0.05) is 37.7 Å². The minimum Gasteiger partial charge on any atom is -0.379 e. The van der Waals surface area contributed by atoms with E-state index in [1.807, 2.05) is 11.8 Å². The summed E-state index contributed by atoms with van der Waals surface area (Å²) >= 11 is 1.90. The number of rotatable bonds is 4. The van der Waals surface area contributed by atoms with Crippen molar-refractivity contribution >= 4 is 17.7 Å². The van der Waals surface area contributed by atoms with Crippen LogP contribution >= 0.6 is 11.8 Å². The Hall–Kier alpha value is -1.45. The number of hydrogen-bond acceptors (Lipinski definition) is 4. The molecule has 2 saturated heterocycles. The number of morpholine rings is 1. The summed E-state index contributed by atoms with van der Waals surface area (Å²) in [6.45, 7) is 4.84. The number of nitrogens with zero attached hydrogens (tertiary/aromatic N) is 3. The number of nitrogens with two attached hydrogens (primary N) is 1. The van der Waals surface area contributed by atoms with Crippen LogP contribution in [0.25, 0.3) is 0 Å². The lowest BCUT2D eigenvalue weighted by molar-refractivity contribution is -0.137. The average molecular weight is 402 g/mol.